The maximum atomic E-state index is 13.2. The van der Waals surface area contributed by atoms with E-state index in [-0.39, 0.29) is 11.7 Å². The molecule has 0 amide bonds. The molecule has 1 aliphatic rings. The zero-order valence-corrected chi connectivity index (χ0v) is 10.8. The van der Waals surface area contributed by atoms with E-state index >= 15 is 0 Å². The summed E-state index contributed by atoms with van der Waals surface area (Å²) in [5.41, 5.74) is 1.93. The van der Waals surface area contributed by atoms with Crippen molar-refractivity contribution in [3.8, 4) is 0 Å². The lowest BCUT2D eigenvalue weighted by Gasteiger charge is -2.27. The van der Waals surface area contributed by atoms with Gasteiger partial charge in [-0.25, -0.2) is 4.39 Å². The smallest absolute Gasteiger partial charge is 0.123 e. The van der Waals surface area contributed by atoms with Crippen LogP contribution in [0.4, 0.5) is 4.39 Å². The fraction of sp³-hybridized carbons (Fsp3) is 0.333. The van der Waals surface area contributed by atoms with Gasteiger partial charge in [-0.3, -0.25) is 0 Å². The number of aliphatic hydroxyl groups is 1. The van der Waals surface area contributed by atoms with Crippen LogP contribution < -0.4 is 0 Å². The lowest BCUT2D eigenvalue weighted by Crippen LogP contribution is -2.15. The molecule has 94 valence electrons. The zero-order chi connectivity index (χ0) is 12.5. The number of hydrogen-bond donors (Lipinski definition) is 1. The third kappa shape index (κ3) is 2.08. The fourth-order valence-corrected chi connectivity index (χ4v) is 3.77. The molecule has 2 atom stereocenters. The molecule has 1 aliphatic carbocycles. The van der Waals surface area contributed by atoms with E-state index in [4.69, 9.17) is 0 Å². The van der Waals surface area contributed by atoms with Gasteiger partial charge in [0.1, 0.15) is 5.82 Å². The first-order valence-electron chi connectivity index (χ1n) is 6.25. The van der Waals surface area contributed by atoms with Gasteiger partial charge in [-0.2, -0.15) is 0 Å². The largest absolute Gasteiger partial charge is 0.388 e. The molecule has 0 fully saturated rings. The average Bonchev–Trinajstić information content (AvgIpc) is 2.86. The van der Waals surface area contributed by atoms with Crippen LogP contribution in [0.2, 0.25) is 0 Å². The highest BCUT2D eigenvalue weighted by atomic mass is 32.1. The Hall–Kier alpha value is -1.19. The van der Waals surface area contributed by atoms with Crippen LogP contribution in [0.3, 0.4) is 0 Å². The lowest BCUT2D eigenvalue weighted by molar-refractivity contribution is 0.136. The van der Waals surface area contributed by atoms with E-state index < -0.39 is 6.10 Å². The van der Waals surface area contributed by atoms with Crippen molar-refractivity contribution in [2.24, 2.45) is 0 Å². The first kappa shape index (κ1) is 11.9. The summed E-state index contributed by atoms with van der Waals surface area (Å²) in [7, 11) is 0. The van der Waals surface area contributed by atoms with E-state index in [0.29, 0.717) is 5.56 Å². The predicted molar refractivity (Wildman–Crippen MR) is 71.4 cm³/mol. The number of thiophene rings is 1. The molecule has 2 unspecified atom stereocenters. The Bertz CT molecular complexity index is 549. The van der Waals surface area contributed by atoms with Crippen LogP contribution in [0.5, 0.6) is 0 Å². The maximum Gasteiger partial charge on any atom is 0.123 e. The Kier molecular flexibility index (Phi) is 3.18. The van der Waals surface area contributed by atoms with Crippen LogP contribution in [0, 0.1) is 5.82 Å². The van der Waals surface area contributed by atoms with Crippen molar-refractivity contribution >= 4 is 11.3 Å². The van der Waals surface area contributed by atoms with Gasteiger partial charge in [-0.1, -0.05) is 12.1 Å². The third-order valence-corrected chi connectivity index (χ3v) is 4.67. The summed E-state index contributed by atoms with van der Waals surface area (Å²) in [6, 6.07) is 8.41. The van der Waals surface area contributed by atoms with Crippen LogP contribution >= 0.6 is 11.3 Å². The number of aryl methyl sites for hydroxylation is 1. The van der Waals surface area contributed by atoms with Crippen molar-refractivity contribution in [3.63, 3.8) is 0 Å². The summed E-state index contributed by atoms with van der Waals surface area (Å²) in [6.45, 7) is 0. The molecule has 0 saturated heterocycles. The van der Waals surface area contributed by atoms with Crippen molar-refractivity contribution < 1.29 is 9.50 Å². The van der Waals surface area contributed by atoms with E-state index in [1.54, 1.807) is 23.5 Å². The minimum absolute atomic E-state index is 0.113. The molecule has 0 spiro atoms. The SMILES string of the molecule is OC(c1cccc(F)c1)C1CCCc2sccc21. The van der Waals surface area contributed by atoms with Crippen molar-refractivity contribution in [2.75, 3.05) is 0 Å². The molecule has 3 rings (SSSR count). The maximum absolute atomic E-state index is 13.2. The molecule has 0 aliphatic heterocycles. The van der Waals surface area contributed by atoms with Gasteiger partial charge in [-0.05, 0) is 54.0 Å². The molecule has 1 N–H and O–H groups in total. The van der Waals surface area contributed by atoms with E-state index in [0.717, 1.165) is 19.3 Å². The quantitative estimate of drug-likeness (QED) is 0.866. The van der Waals surface area contributed by atoms with Gasteiger partial charge < -0.3 is 5.11 Å². The summed E-state index contributed by atoms with van der Waals surface area (Å²) in [4.78, 5) is 1.38. The molecule has 2 aromatic rings. The van der Waals surface area contributed by atoms with Crippen molar-refractivity contribution in [1.82, 2.24) is 0 Å². The Balaban J connectivity index is 1.93. The molecule has 18 heavy (non-hydrogen) atoms. The molecule has 3 heteroatoms. The van der Waals surface area contributed by atoms with Gasteiger partial charge in [0.25, 0.3) is 0 Å². The first-order valence-corrected chi connectivity index (χ1v) is 7.13. The Labute approximate surface area is 110 Å². The highest BCUT2D eigenvalue weighted by molar-refractivity contribution is 7.10. The van der Waals surface area contributed by atoms with Crippen molar-refractivity contribution in [2.45, 2.75) is 31.3 Å². The van der Waals surface area contributed by atoms with E-state index in [1.807, 2.05) is 0 Å². The monoisotopic (exact) mass is 262 g/mol. The van der Waals surface area contributed by atoms with Gasteiger partial charge in [0.2, 0.25) is 0 Å². The Morgan fingerprint density at radius 3 is 3.06 bits per heavy atom. The second-order valence-electron chi connectivity index (χ2n) is 4.80. The van der Waals surface area contributed by atoms with Gasteiger partial charge in [-0.15, -0.1) is 11.3 Å². The highest BCUT2D eigenvalue weighted by Crippen LogP contribution is 2.42. The van der Waals surface area contributed by atoms with Crippen LogP contribution in [-0.2, 0) is 6.42 Å². The van der Waals surface area contributed by atoms with Crippen molar-refractivity contribution in [3.05, 3.63) is 57.5 Å². The fourth-order valence-electron chi connectivity index (χ4n) is 2.77. The summed E-state index contributed by atoms with van der Waals surface area (Å²) >= 11 is 1.76. The van der Waals surface area contributed by atoms with Crippen LogP contribution in [0.25, 0.3) is 0 Å². The van der Waals surface area contributed by atoms with E-state index in [9.17, 15) is 9.50 Å². The first-order chi connectivity index (χ1) is 8.75. The lowest BCUT2D eigenvalue weighted by atomic mass is 9.81. The molecule has 1 aromatic heterocycles. The minimum atomic E-state index is -0.602. The number of rotatable bonds is 2. The van der Waals surface area contributed by atoms with Gasteiger partial charge >= 0.3 is 0 Å². The standard InChI is InChI=1S/C15H15FOS/c16-11-4-1-3-10(9-11)15(17)13-5-2-6-14-12(13)7-8-18-14/h1,3-4,7-9,13,15,17H,2,5-6H2. The topological polar surface area (TPSA) is 20.2 Å². The normalized spacial score (nSPS) is 20.4. The molecule has 1 heterocycles. The third-order valence-electron chi connectivity index (χ3n) is 3.67. The Morgan fingerprint density at radius 2 is 2.22 bits per heavy atom. The molecular weight excluding hydrogens is 247 g/mol. The number of benzene rings is 1. The Morgan fingerprint density at radius 1 is 1.33 bits per heavy atom. The number of fused-ring (bicyclic) bond motifs is 1. The minimum Gasteiger partial charge on any atom is -0.388 e. The van der Waals surface area contributed by atoms with Gasteiger partial charge in [0, 0.05) is 10.8 Å². The summed E-state index contributed by atoms with van der Waals surface area (Å²) in [5.74, 6) is -0.172. The molecular formula is C15H15FOS. The van der Waals surface area contributed by atoms with Crippen molar-refractivity contribution in [1.29, 1.82) is 0 Å². The summed E-state index contributed by atoms with van der Waals surface area (Å²) in [6.07, 6.45) is 2.58. The average molecular weight is 262 g/mol. The number of hydrogen-bond acceptors (Lipinski definition) is 2. The van der Waals surface area contributed by atoms with Crippen LogP contribution in [-0.4, -0.2) is 5.11 Å². The zero-order valence-electron chi connectivity index (χ0n) is 9.97. The summed E-state index contributed by atoms with van der Waals surface area (Å²) < 4.78 is 13.2. The van der Waals surface area contributed by atoms with Gasteiger partial charge in [0.15, 0.2) is 0 Å². The molecule has 0 radical (unpaired) electrons. The van der Waals surface area contributed by atoms with Crippen LogP contribution in [0.15, 0.2) is 35.7 Å². The second kappa shape index (κ2) is 4.82. The van der Waals surface area contributed by atoms with Gasteiger partial charge in [0.05, 0.1) is 6.10 Å². The predicted octanol–water partition coefficient (Wildman–Crippen LogP) is 4.04. The van der Waals surface area contributed by atoms with Crippen LogP contribution in [0.1, 0.15) is 40.9 Å². The molecule has 0 saturated carbocycles. The van der Waals surface area contributed by atoms with E-state index in [2.05, 4.69) is 11.4 Å². The highest BCUT2D eigenvalue weighted by Gasteiger charge is 2.28. The molecule has 1 nitrogen and oxygen atoms in total. The number of aliphatic hydroxyl groups excluding tert-OH is 1. The summed E-state index contributed by atoms with van der Waals surface area (Å²) in [5, 5.41) is 12.6. The van der Waals surface area contributed by atoms with E-state index in [1.165, 1.54) is 22.6 Å². The number of halogens is 1. The molecule has 1 aromatic carbocycles. The second-order valence-corrected chi connectivity index (χ2v) is 5.80. The molecule has 0 bridgehead atoms.